The van der Waals surface area contributed by atoms with Crippen LogP contribution in [0.25, 0.3) is 0 Å². The Labute approximate surface area is 183 Å². The largest absolute Gasteiger partial charge is 0.416 e. The van der Waals surface area contributed by atoms with E-state index >= 15 is 0 Å². The average Bonchev–Trinajstić information content (AvgIpc) is 2.72. The van der Waals surface area contributed by atoms with Crippen molar-refractivity contribution in [1.29, 1.82) is 0 Å². The number of likely N-dealkylation sites (tertiary alicyclic amines) is 1. The number of carbonyl (C=O) groups excluding carboxylic acids is 2. The van der Waals surface area contributed by atoms with E-state index in [-0.39, 0.29) is 11.8 Å². The third kappa shape index (κ3) is 5.91. The van der Waals surface area contributed by atoms with Crippen LogP contribution < -0.4 is 10.6 Å². The highest BCUT2D eigenvalue weighted by Crippen LogP contribution is 2.30. The first-order chi connectivity index (χ1) is 14.6. The number of carbonyl (C=O) groups is 2. The molecule has 5 nitrogen and oxygen atoms in total. The van der Waals surface area contributed by atoms with Crippen LogP contribution in [0.1, 0.15) is 37.3 Å². The smallest absolute Gasteiger partial charge is 0.380 e. The first kappa shape index (κ1) is 22.9. The van der Waals surface area contributed by atoms with Gasteiger partial charge in [-0.1, -0.05) is 23.7 Å². The van der Waals surface area contributed by atoms with E-state index in [9.17, 15) is 22.8 Å². The average molecular weight is 454 g/mol. The Balaban J connectivity index is 1.61. The fourth-order valence-electron chi connectivity index (χ4n) is 3.55. The number of benzene rings is 2. The number of alkyl halides is 3. The molecule has 1 saturated heterocycles. The second kappa shape index (κ2) is 9.60. The van der Waals surface area contributed by atoms with Gasteiger partial charge in [0.1, 0.15) is 6.04 Å². The number of hydrogen-bond donors (Lipinski definition) is 2. The quantitative estimate of drug-likeness (QED) is 0.645. The molecule has 0 spiro atoms. The molecule has 1 unspecified atom stereocenters. The number of nitrogens with zero attached hydrogens (tertiary/aromatic N) is 1. The van der Waals surface area contributed by atoms with Gasteiger partial charge in [0.15, 0.2) is 0 Å². The van der Waals surface area contributed by atoms with Gasteiger partial charge in [-0.05, 0) is 55.2 Å². The van der Waals surface area contributed by atoms with E-state index in [1.54, 1.807) is 23.1 Å². The van der Waals surface area contributed by atoms with Gasteiger partial charge in [-0.25, -0.2) is 0 Å². The molecule has 0 bridgehead atoms. The minimum absolute atomic E-state index is 0.124. The Bertz CT molecular complexity index is 948. The van der Waals surface area contributed by atoms with Crippen molar-refractivity contribution in [3.63, 3.8) is 0 Å². The van der Waals surface area contributed by atoms with Gasteiger partial charge in [-0.15, -0.1) is 0 Å². The van der Waals surface area contributed by atoms with E-state index in [1.807, 2.05) is 0 Å². The molecule has 0 aromatic heterocycles. The fourth-order valence-corrected chi connectivity index (χ4v) is 3.80. The molecule has 2 N–H and O–H groups in total. The predicted octanol–water partition coefficient (Wildman–Crippen LogP) is 5.31. The number of halogens is 4. The van der Waals surface area contributed by atoms with Gasteiger partial charge >= 0.3 is 6.18 Å². The zero-order chi connectivity index (χ0) is 22.6. The molecule has 2 amide bonds. The first-order valence-electron chi connectivity index (χ1n) is 9.93. The van der Waals surface area contributed by atoms with Gasteiger partial charge in [0.25, 0.3) is 0 Å². The lowest BCUT2D eigenvalue weighted by atomic mass is 10.0. The Morgan fingerprint density at radius 2 is 1.84 bits per heavy atom. The van der Waals surface area contributed by atoms with Crippen molar-refractivity contribution in [2.45, 2.75) is 44.9 Å². The number of piperidine rings is 1. The summed E-state index contributed by atoms with van der Waals surface area (Å²) < 4.78 is 37.9. The van der Waals surface area contributed by atoms with E-state index in [2.05, 4.69) is 10.6 Å². The zero-order valence-electron chi connectivity index (χ0n) is 16.9. The molecular weight excluding hydrogens is 431 g/mol. The van der Waals surface area contributed by atoms with Crippen LogP contribution in [0.15, 0.2) is 42.5 Å². The van der Waals surface area contributed by atoms with Crippen LogP contribution in [0.2, 0.25) is 5.02 Å². The van der Waals surface area contributed by atoms with Crippen molar-refractivity contribution < 1.29 is 22.8 Å². The summed E-state index contributed by atoms with van der Waals surface area (Å²) in [6, 6.07) is 9.34. The standard InChI is InChI=1S/C22H23ClF3N3O2/c1-14(30)29-11-3-2-4-20(29)21(31)28-17-9-10-19(18(23)12-17)27-13-15-5-7-16(8-6-15)22(24,25)26/h5-10,12,20,27H,2-4,11,13H2,1H3,(H,28,31). The molecule has 1 heterocycles. The number of nitrogens with one attached hydrogen (secondary N) is 2. The van der Waals surface area contributed by atoms with E-state index < -0.39 is 17.8 Å². The van der Waals surface area contributed by atoms with Gasteiger partial charge in [0.2, 0.25) is 11.8 Å². The van der Waals surface area contributed by atoms with Gasteiger partial charge in [0.05, 0.1) is 16.3 Å². The number of hydrogen-bond acceptors (Lipinski definition) is 3. The van der Waals surface area contributed by atoms with Crippen LogP contribution in [-0.2, 0) is 22.3 Å². The molecule has 0 aliphatic carbocycles. The highest BCUT2D eigenvalue weighted by atomic mass is 35.5. The minimum atomic E-state index is -4.37. The summed E-state index contributed by atoms with van der Waals surface area (Å²) in [5.74, 6) is -0.378. The lowest BCUT2D eigenvalue weighted by Gasteiger charge is -2.33. The van der Waals surface area contributed by atoms with Crippen molar-refractivity contribution in [2.24, 2.45) is 0 Å². The van der Waals surface area contributed by atoms with Crippen LogP contribution in [-0.4, -0.2) is 29.3 Å². The Morgan fingerprint density at radius 1 is 1.13 bits per heavy atom. The van der Waals surface area contributed by atoms with Gasteiger partial charge in [-0.2, -0.15) is 13.2 Å². The van der Waals surface area contributed by atoms with Crippen molar-refractivity contribution in [3.05, 3.63) is 58.6 Å². The van der Waals surface area contributed by atoms with Crippen LogP contribution in [0.4, 0.5) is 24.5 Å². The summed E-state index contributed by atoms with van der Waals surface area (Å²) in [5, 5.41) is 6.24. The second-order valence-electron chi connectivity index (χ2n) is 7.46. The summed E-state index contributed by atoms with van der Waals surface area (Å²) in [7, 11) is 0. The summed E-state index contributed by atoms with van der Waals surface area (Å²) >= 11 is 6.30. The number of anilines is 2. The highest BCUT2D eigenvalue weighted by Gasteiger charge is 2.31. The van der Waals surface area contributed by atoms with Crippen LogP contribution in [0, 0.1) is 0 Å². The Morgan fingerprint density at radius 3 is 2.45 bits per heavy atom. The second-order valence-corrected chi connectivity index (χ2v) is 7.86. The molecule has 0 saturated carbocycles. The Hall–Kier alpha value is -2.74. The molecule has 31 heavy (non-hydrogen) atoms. The maximum atomic E-state index is 12.6. The topological polar surface area (TPSA) is 61.4 Å². The normalized spacial score (nSPS) is 16.7. The van der Waals surface area contributed by atoms with Crippen LogP contribution >= 0.6 is 11.6 Å². The third-order valence-corrected chi connectivity index (χ3v) is 5.52. The van der Waals surface area contributed by atoms with Crippen molar-refractivity contribution in [1.82, 2.24) is 4.90 Å². The molecule has 9 heteroatoms. The van der Waals surface area contributed by atoms with E-state index in [1.165, 1.54) is 19.1 Å². The van der Waals surface area contributed by atoms with Crippen molar-refractivity contribution in [2.75, 3.05) is 17.2 Å². The predicted molar refractivity (Wildman–Crippen MR) is 114 cm³/mol. The lowest BCUT2D eigenvalue weighted by Crippen LogP contribution is -2.49. The summed E-state index contributed by atoms with van der Waals surface area (Å²) in [5.41, 5.74) is 1.06. The molecule has 3 rings (SSSR count). The van der Waals surface area contributed by atoms with E-state index in [4.69, 9.17) is 11.6 Å². The molecule has 1 aliphatic heterocycles. The monoisotopic (exact) mass is 453 g/mol. The summed E-state index contributed by atoms with van der Waals surface area (Å²) in [6.45, 7) is 2.32. The molecule has 166 valence electrons. The van der Waals surface area contributed by atoms with Gasteiger partial charge < -0.3 is 15.5 Å². The van der Waals surface area contributed by atoms with E-state index in [0.717, 1.165) is 25.0 Å². The lowest BCUT2D eigenvalue weighted by molar-refractivity contribution is -0.138. The van der Waals surface area contributed by atoms with Crippen LogP contribution in [0.5, 0.6) is 0 Å². The summed E-state index contributed by atoms with van der Waals surface area (Å²) in [6.07, 6.45) is -1.98. The molecule has 0 radical (unpaired) electrons. The molecule has 1 atom stereocenters. The highest BCUT2D eigenvalue weighted by molar-refractivity contribution is 6.33. The van der Waals surface area contributed by atoms with Crippen molar-refractivity contribution >= 4 is 34.8 Å². The molecule has 2 aromatic carbocycles. The zero-order valence-corrected chi connectivity index (χ0v) is 17.7. The SMILES string of the molecule is CC(=O)N1CCCCC1C(=O)Nc1ccc(NCc2ccc(C(F)(F)F)cc2)c(Cl)c1. The maximum Gasteiger partial charge on any atom is 0.416 e. The van der Waals surface area contributed by atoms with E-state index in [0.29, 0.717) is 41.5 Å². The molecule has 1 fully saturated rings. The Kier molecular flexibility index (Phi) is 7.10. The molecule has 2 aromatic rings. The van der Waals surface area contributed by atoms with Gasteiger partial charge in [0, 0.05) is 25.7 Å². The summed E-state index contributed by atoms with van der Waals surface area (Å²) in [4.78, 5) is 26.0. The maximum absolute atomic E-state index is 12.6. The number of amides is 2. The van der Waals surface area contributed by atoms with Crippen molar-refractivity contribution in [3.8, 4) is 0 Å². The first-order valence-corrected chi connectivity index (χ1v) is 10.3. The molecule has 1 aliphatic rings. The van der Waals surface area contributed by atoms with Gasteiger partial charge in [-0.3, -0.25) is 9.59 Å². The fraction of sp³-hybridized carbons (Fsp3) is 0.364. The third-order valence-electron chi connectivity index (χ3n) is 5.21. The van der Waals surface area contributed by atoms with Crippen LogP contribution in [0.3, 0.4) is 0 Å². The number of rotatable bonds is 5. The minimum Gasteiger partial charge on any atom is -0.380 e. The molecular formula is C22H23ClF3N3O2.